The standard InChI is InChI=1S/C24H32FN5O3S.2ClH/c1-3-28(4-2)19-9-13-29(14-10-19)24(32)33-20-16-18(25)8-7-17(20)15-21-22(31)27-23(34-21)30-12-6-5-11-26-30;;/h7-8,15-16,19,26H,3-6,9-14H2,1-2H3;2*1H/b21-15+;;. The van der Waals surface area contributed by atoms with Gasteiger partial charge in [-0.25, -0.2) is 14.6 Å². The molecule has 36 heavy (non-hydrogen) atoms. The molecule has 0 spiro atoms. The maximum atomic E-state index is 14.0. The van der Waals surface area contributed by atoms with E-state index < -0.39 is 11.9 Å². The normalized spacial score (nSPS) is 19.7. The first kappa shape index (κ1) is 30.4. The fourth-order valence-corrected chi connectivity index (χ4v) is 5.44. The van der Waals surface area contributed by atoms with Gasteiger partial charge in [0.1, 0.15) is 11.6 Å². The van der Waals surface area contributed by atoms with E-state index in [1.807, 2.05) is 5.01 Å². The molecule has 2 fully saturated rings. The lowest BCUT2D eigenvalue weighted by molar-refractivity contribution is -0.113. The van der Waals surface area contributed by atoms with Crippen molar-refractivity contribution in [1.29, 1.82) is 0 Å². The number of amides is 2. The van der Waals surface area contributed by atoms with Gasteiger partial charge in [-0.15, -0.1) is 24.8 Å². The first-order chi connectivity index (χ1) is 16.5. The van der Waals surface area contributed by atoms with Gasteiger partial charge in [0.25, 0.3) is 5.91 Å². The molecule has 8 nitrogen and oxygen atoms in total. The summed E-state index contributed by atoms with van der Waals surface area (Å²) in [5, 5.41) is 2.49. The number of rotatable bonds is 5. The van der Waals surface area contributed by atoms with Crippen molar-refractivity contribution in [3.63, 3.8) is 0 Å². The summed E-state index contributed by atoms with van der Waals surface area (Å²) in [5.41, 5.74) is 3.70. The Labute approximate surface area is 228 Å². The molecule has 2 amide bonds. The van der Waals surface area contributed by atoms with Crippen molar-refractivity contribution in [2.75, 3.05) is 39.3 Å². The largest absolute Gasteiger partial charge is 0.415 e. The Balaban J connectivity index is 0.00000228. The molecule has 2 saturated heterocycles. The van der Waals surface area contributed by atoms with Gasteiger partial charge in [0.05, 0.1) is 4.91 Å². The molecule has 0 unspecified atom stereocenters. The first-order valence-electron chi connectivity index (χ1n) is 12.0. The second-order valence-electron chi connectivity index (χ2n) is 8.57. The van der Waals surface area contributed by atoms with Gasteiger partial charge in [0.15, 0.2) is 5.17 Å². The van der Waals surface area contributed by atoms with Crippen LogP contribution in [0.15, 0.2) is 28.1 Å². The molecule has 3 heterocycles. The van der Waals surface area contributed by atoms with Crippen LogP contribution in [0.4, 0.5) is 9.18 Å². The van der Waals surface area contributed by atoms with Crippen molar-refractivity contribution in [2.45, 2.75) is 45.6 Å². The van der Waals surface area contributed by atoms with Gasteiger partial charge < -0.3 is 14.5 Å². The number of hydrogen-bond acceptors (Lipinski definition) is 7. The second kappa shape index (κ2) is 14.2. The quantitative estimate of drug-likeness (QED) is 0.528. The van der Waals surface area contributed by atoms with Gasteiger partial charge in [0.2, 0.25) is 0 Å². The number of carbonyl (C=O) groups is 2. The van der Waals surface area contributed by atoms with Crippen LogP contribution in [0.5, 0.6) is 5.75 Å². The summed E-state index contributed by atoms with van der Waals surface area (Å²) in [7, 11) is 0. The number of benzene rings is 1. The predicted molar refractivity (Wildman–Crippen MR) is 146 cm³/mol. The Bertz CT molecular complexity index is 978. The lowest BCUT2D eigenvalue weighted by Crippen LogP contribution is -2.47. The second-order valence-corrected chi connectivity index (χ2v) is 9.58. The van der Waals surface area contributed by atoms with E-state index in [0.29, 0.717) is 34.8 Å². The van der Waals surface area contributed by atoms with Crippen LogP contribution in [0.2, 0.25) is 0 Å². The highest BCUT2D eigenvalue weighted by molar-refractivity contribution is 8.18. The molecule has 0 atom stereocenters. The van der Waals surface area contributed by atoms with Crippen molar-refractivity contribution in [1.82, 2.24) is 20.2 Å². The number of hydrogen-bond donors (Lipinski definition) is 1. The van der Waals surface area contributed by atoms with Crippen molar-refractivity contribution in [2.24, 2.45) is 4.99 Å². The minimum Gasteiger partial charge on any atom is -0.409 e. The lowest BCUT2D eigenvalue weighted by Gasteiger charge is -2.37. The van der Waals surface area contributed by atoms with E-state index in [2.05, 4.69) is 29.2 Å². The summed E-state index contributed by atoms with van der Waals surface area (Å²) in [6.07, 6.45) is 5.00. The van der Waals surface area contributed by atoms with Gasteiger partial charge in [0, 0.05) is 43.9 Å². The van der Waals surface area contributed by atoms with Crippen LogP contribution in [0.1, 0.15) is 45.1 Å². The van der Waals surface area contributed by atoms with Gasteiger partial charge in [-0.1, -0.05) is 13.8 Å². The zero-order valence-electron chi connectivity index (χ0n) is 20.6. The molecular formula is C24H34Cl2FN5O3S. The molecule has 12 heteroatoms. The lowest BCUT2D eigenvalue weighted by atomic mass is 10.0. The number of nitrogens with zero attached hydrogens (tertiary/aromatic N) is 4. The third-order valence-electron chi connectivity index (χ3n) is 6.46. The molecule has 3 aliphatic rings. The van der Waals surface area contributed by atoms with E-state index in [-0.39, 0.29) is 36.5 Å². The number of halogens is 3. The van der Waals surface area contributed by atoms with Crippen LogP contribution in [0, 0.1) is 5.82 Å². The number of aliphatic imine (C=N–C) groups is 1. The van der Waals surface area contributed by atoms with Crippen LogP contribution < -0.4 is 10.2 Å². The number of piperidine rings is 1. The van der Waals surface area contributed by atoms with Crippen LogP contribution in [0.3, 0.4) is 0 Å². The van der Waals surface area contributed by atoms with Crippen molar-refractivity contribution in [3.05, 3.63) is 34.5 Å². The highest BCUT2D eigenvalue weighted by Gasteiger charge is 2.29. The molecular weight excluding hydrogens is 528 g/mol. The number of amidine groups is 1. The molecule has 0 aliphatic carbocycles. The number of carbonyl (C=O) groups excluding carboxylic acids is 2. The van der Waals surface area contributed by atoms with Crippen LogP contribution in [-0.4, -0.2) is 77.3 Å². The van der Waals surface area contributed by atoms with Gasteiger partial charge in [-0.2, -0.15) is 4.99 Å². The molecule has 0 bridgehead atoms. The third kappa shape index (κ3) is 7.35. The Morgan fingerprint density at radius 1 is 1.22 bits per heavy atom. The minimum atomic E-state index is -0.509. The average molecular weight is 563 g/mol. The Kier molecular flexibility index (Phi) is 12.0. The van der Waals surface area contributed by atoms with Crippen LogP contribution >= 0.6 is 36.6 Å². The number of hydrazine groups is 1. The molecule has 0 radical (unpaired) electrons. The van der Waals surface area contributed by atoms with E-state index in [4.69, 9.17) is 4.74 Å². The Morgan fingerprint density at radius 3 is 2.58 bits per heavy atom. The molecule has 0 aromatic heterocycles. The highest BCUT2D eigenvalue weighted by atomic mass is 35.5. The molecule has 200 valence electrons. The zero-order chi connectivity index (χ0) is 24.1. The summed E-state index contributed by atoms with van der Waals surface area (Å²) in [4.78, 5) is 34.0. The van der Waals surface area contributed by atoms with Gasteiger partial charge in [-0.3, -0.25) is 9.80 Å². The summed E-state index contributed by atoms with van der Waals surface area (Å²) >= 11 is 1.26. The average Bonchev–Trinajstić information content (AvgIpc) is 3.22. The first-order valence-corrected chi connectivity index (χ1v) is 12.8. The smallest absolute Gasteiger partial charge is 0.409 e. The fourth-order valence-electron chi connectivity index (χ4n) is 4.53. The number of nitrogens with one attached hydrogen (secondary N) is 1. The minimum absolute atomic E-state index is 0. The van der Waals surface area contributed by atoms with Crippen molar-refractivity contribution >= 4 is 59.8 Å². The molecule has 1 aromatic rings. The number of likely N-dealkylation sites (tertiary alicyclic amines) is 1. The summed E-state index contributed by atoms with van der Waals surface area (Å²) in [6.45, 7) is 9.10. The van der Waals surface area contributed by atoms with Crippen molar-refractivity contribution in [3.8, 4) is 5.75 Å². The topological polar surface area (TPSA) is 77.5 Å². The molecule has 3 aliphatic heterocycles. The predicted octanol–water partition coefficient (Wildman–Crippen LogP) is 4.55. The number of ether oxygens (including phenoxy) is 1. The molecule has 1 aromatic carbocycles. The number of thioether (sulfide) groups is 1. The molecule has 4 rings (SSSR count). The van der Waals surface area contributed by atoms with Gasteiger partial charge in [-0.05, 0) is 68.7 Å². The van der Waals surface area contributed by atoms with Crippen LogP contribution in [-0.2, 0) is 4.79 Å². The van der Waals surface area contributed by atoms with Crippen molar-refractivity contribution < 1.29 is 18.7 Å². The third-order valence-corrected chi connectivity index (χ3v) is 7.47. The summed E-state index contributed by atoms with van der Waals surface area (Å²) < 4.78 is 19.6. The Hall–Kier alpha value is -1.85. The van der Waals surface area contributed by atoms with E-state index >= 15 is 0 Å². The monoisotopic (exact) mass is 561 g/mol. The highest BCUT2D eigenvalue weighted by Crippen LogP contribution is 2.33. The Morgan fingerprint density at radius 2 is 1.94 bits per heavy atom. The maximum absolute atomic E-state index is 14.0. The van der Waals surface area contributed by atoms with Gasteiger partial charge >= 0.3 is 6.09 Å². The molecule has 1 N–H and O–H groups in total. The zero-order valence-corrected chi connectivity index (χ0v) is 23.0. The maximum Gasteiger partial charge on any atom is 0.415 e. The van der Waals surface area contributed by atoms with E-state index in [0.717, 1.165) is 51.9 Å². The molecule has 0 saturated carbocycles. The fraction of sp³-hybridized carbons (Fsp3) is 0.542. The van der Waals surface area contributed by atoms with E-state index in [1.54, 1.807) is 11.0 Å². The van der Waals surface area contributed by atoms with E-state index in [1.165, 1.54) is 30.0 Å². The summed E-state index contributed by atoms with van der Waals surface area (Å²) in [5.74, 6) is -0.765. The van der Waals surface area contributed by atoms with Crippen LogP contribution in [0.25, 0.3) is 6.08 Å². The SMILES string of the molecule is CCN(CC)C1CCN(C(=O)Oc2cc(F)ccc2/C=C2/SC(N3CCCCN3)=NC2=O)CC1.Cl.Cl. The summed E-state index contributed by atoms with van der Waals surface area (Å²) in [6, 6.07) is 4.45. The van der Waals surface area contributed by atoms with E-state index in [9.17, 15) is 14.0 Å².